The van der Waals surface area contributed by atoms with Crippen molar-refractivity contribution in [3.8, 4) is 23.0 Å². The maximum atomic E-state index is 13.1. The van der Waals surface area contributed by atoms with Gasteiger partial charge in [-0.3, -0.25) is 9.59 Å². The Labute approximate surface area is 315 Å². The zero-order chi connectivity index (χ0) is 38.1. The maximum absolute atomic E-state index is 13.1. The van der Waals surface area contributed by atoms with Crippen LogP contribution in [0.5, 0.6) is 23.0 Å². The monoisotopic (exact) mass is 730 g/mol. The molecule has 10 heteroatoms. The van der Waals surface area contributed by atoms with E-state index < -0.39 is 23.9 Å². The number of benzene rings is 4. The van der Waals surface area contributed by atoms with E-state index in [0.29, 0.717) is 64.8 Å². The summed E-state index contributed by atoms with van der Waals surface area (Å²) in [5, 5.41) is 15.4. The Hall–Kier alpha value is -6.16. The number of hydrogen-bond donors (Lipinski definition) is 3. The molecule has 2 amide bonds. The van der Waals surface area contributed by atoms with E-state index in [1.54, 1.807) is 60.7 Å². The Balaban J connectivity index is 1.08. The summed E-state index contributed by atoms with van der Waals surface area (Å²) in [6.45, 7) is 2.81. The van der Waals surface area contributed by atoms with Gasteiger partial charge in [-0.2, -0.15) is 0 Å². The smallest absolute Gasteiger partial charge is 0.343 e. The number of para-hydroxylation sites is 2. The fraction of sp³-hybridized carbons (Fsp3) is 0.273. The highest BCUT2D eigenvalue weighted by atomic mass is 16.5. The van der Waals surface area contributed by atoms with Gasteiger partial charge in [0, 0.05) is 23.3 Å². The third-order valence-electron chi connectivity index (χ3n) is 8.82. The molecule has 1 aliphatic rings. The molecule has 1 aliphatic carbocycles. The fourth-order valence-electron chi connectivity index (χ4n) is 5.82. The third-order valence-corrected chi connectivity index (χ3v) is 8.82. The van der Waals surface area contributed by atoms with Crippen molar-refractivity contribution in [3.05, 3.63) is 143 Å². The first kappa shape index (κ1) is 39.1. The van der Waals surface area contributed by atoms with Crippen molar-refractivity contribution in [2.45, 2.75) is 70.8 Å². The Morgan fingerprint density at radius 3 is 2.15 bits per heavy atom. The van der Waals surface area contributed by atoms with E-state index in [4.69, 9.17) is 14.2 Å². The Bertz CT molecular complexity index is 1940. The normalized spacial score (nSPS) is 12.8. The van der Waals surface area contributed by atoms with Crippen molar-refractivity contribution < 1.29 is 38.5 Å². The van der Waals surface area contributed by atoms with Crippen molar-refractivity contribution in [1.82, 2.24) is 10.6 Å². The van der Waals surface area contributed by atoms with Crippen LogP contribution in [0.15, 0.2) is 127 Å². The van der Waals surface area contributed by atoms with Crippen molar-refractivity contribution >= 4 is 23.8 Å². The van der Waals surface area contributed by atoms with E-state index in [9.17, 15) is 24.3 Å². The number of allylic oxidation sites excluding steroid dienone is 3. The summed E-state index contributed by atoms with van der Waals surface area (Å²) < 4.78 is 17.2. The predicted octanol–water partition coefficient (Wildman–Crippen LogP) is 8.12. The summed E-state index contributed by atoms with van der Waals surface area (Å²) in [5.74, 6) is -0.163. The topological polar surface area (TPSA) is 140 Å². The van der Waals surface area contributed by atoms with Gasteiger partial charge in [0.05, 0.1) is 18.6 Å². The van der Waals surface area contributed by atoms with Gasteiger partial charge in [0.2, 0.25) is 11.8 Å². The van der Waals surface area contributed by atoms with Gasteiger partial charge < -0.3 is 30.0 Å². The van der Waals surface area contributed by atoms with Crippen LogP contribution in [-0.4, -0.2) is 41.5 Å². The summed E-state index contributed by atoms with van der Waals surface area (Å²) >= 11 is 0. The number of ether oxygens (including phenoxy) is 3. The minimum atomic E-state index is -1.19. The third kappa shape index (κ3) is 12.2. The van der Waals surface area contributed by atoms with Gasteiger partial charge >= 0.3 is 11.9 Å². The number of carbonyl (C=O) groups excluding carboxylic acids is 3. The first-order chi connectivity index (χ1) is 26.3. The molecule has 4 aromatic rings. The highest BCUT2D eigenvalue weighted by molar-refractivity contribution is 5.96. The van der Waals surface area contributed by atoms with Crippen LogP contribution in [-0.2, 0) is 27.2 Å². The first-order valence-corrected chi connectivity index (χ1v) is 18.4. The molecule has 0 saturated heterocycles. The van der Waals surface area contributed by atoms with E-state index in [2.05, 4.69) is 17.6 Å². The van der Waals surface area contributed by atoms with Gasteiger partial charge in [-0.05, 0) is 85.5 Å². The number of aliphatic carboxylic acids is 1. The number of hydrogen-bond acceptors (Lipinski definition) is 7. The van der Waals surface area contributed by atoms with Crippen LogP contribution in [0.1, 0.15) is 73.4 Å². The number of carboxylic acids is 1. The lowest BCUT2D eigenvalue weighted by Crippen LogP contribution is -2.43. The van der Waals surface area contributed by atoms with Crippen LogP contribution < -0.4 is 24.8 Å². The Kier molecular flexibility index (Phi) is 14.6. The Morgan fingerprint density at radius 2 is 1.44 bits per heavy atom. The predicted molar refractivity (Wildman–Crippen MR) is 206 cm³/mol. The number of unbranched alkanes of at least 4 members (excludes halogenated alkanes) is 4. The van der Waals surface area contributed by atoms with Gasteiger partial charge in [-0.1, -0.05) is 87.2 Å². The molecule has 0 aliphatic heterocycles. The van der Waals surface area contributed by atoms with Crippen LogP contribution >= 0.6 is 0 Å². The summed E-state index contributed by atoms with van der Waals surface area (Å²) in [6, 6.07) is 28.8. The Morgan fingerprint density at radius 1 is 0.741 bits per heavy atom. The molecule has 0 fully saturated rings. The first-order valence-electron chi connectivity index (χ1n) is 18.4. The quantitative estimate of drug-likeness (QED) is 0.0499. The highest BCUT2D eigenvalue weighted by Crippen LogP contribution is 2.26. The van der Waals surface area contributed by atoms with Crippen molar-refractivity contribution in [3.63, 3.8) is 0 Å². The van der Waals surface area contributed by atoms with Crippen LogP contribution in [0.25, 0.3) is 0 Å². The minimum absolute atomic E-state index is 0.0231. The van der Waals surface area contributed by atoms with Crippen LogP contribution in [0, 0.1) is 0 Å². The molecule has 280 valence electrons. The van der Waals surface area contributed by atoms with Crippen LogP contribution in [0.4, 0.5) is 0 Å². The van der Waals surface area contributed by atoms with Gasteiger partial charge in [0.15, 0.2) is 0 Å². The molecule has 54 heavy (non-hydrogen) atoms. The lowest BCUT2D eigenvalue weighted by molar-refractivity contribution is -0.141. The fourth-order valence-corrected chi connectivity index (χ4v) is 5.82. The molecule has 0 bridgehead atoms. The molecule has 0 radical (unpaired) electrons. The molecule has 0 aromatic heterocycles. The van der Waals surface area contributed by atoms with E-state index in [-0.39, 0.29) is 18.7 Å². The average Bonchev–Trinajstić information content (AvgIpc) is 3.18. The number of carboxylic acid groups (broad SMARTS) is 1. The molecule has 0 spiro atoms. The van der Waals surface area contributed by atoms with Crippen molar-refractivity contribution in [1.29, 1.82) is 0 Å². The molecule has 0 heterocycles. The number of amides is 2. The molecule has 5 rings (SSSR count). The lowest BCUT2D eigenvalue weighted by atomic mass is 10.00. The van der Waals surface area contributed by atoms with Crippen LogP contribution in [0.3, 0.4) is 0 Å². The number of rotatable bonds is 19. The molecule has 0 unspecified atom stereocenters. The summed E-state index contributed by atoms with van der Waals surface area (Å²) in [5.41, 5.74) is 2.81. The van der Waals surface area contributed by atoms with E-state index in [1.807, 2.05) is 54.6 Å². The second kappa shape index (κ2) is 20.2. The van der Waals surface area contributed by atoms with Gasteiger partial charge in [0.1, 0.15) is 29.0 Å². The highest BCUT2D eigenvalue weighted by Gasteiger charge is 2.24. The lowest BCUT2D eigenvalue weighted by Gasteiger charge is -2.19. The number of carbonyl (C=O) groups is 4. The van der Waals surface area contributed by atoms with Gasteiger partial charge in [-0.15, -0.1) is 0 Å². The number of esters is 1. The number of nitrogens with one attached hydrogen (secondary N) is 2. The van der Waals surface area contributed by atoms with Crippen molar-refractivity contribution in [2.24, 2.45) is 0 Å². The molecular formula is C44H46N2O8. The maximum Gasteiger partial charge on any atom is 0.343 e. The molecular weight excluding hydrogens is 684 g/mol. The minimum Gasteiger partial charge on any atom is -0.494 e. The SMILES string of the molecule is CCCCCCCOc1ccc(C(=O)Oc2ccc(C[C@H](NC(=O)C3=CC=C(NC(=O)Cc4ccccc4Oc4ccccc4)CC3)C(=O)O)cc2)cc1. The van der Waals surface area contributed by atoms with E-state index in [1.165, 1.54) is 19.3 Å². The summed E-state index contributed by atoms with van der Waals surface area (Å²) in [4.78, 5) is 50.8. The van der Waals surface area contributed by atoms with E-state index in [0.717, 1.165) is 18.4 Å². The molecule has 10 nitrogen and oxygen atoms in total. The molecule has 0 saturated carbocycles. The van der Waals surface area contributed by atoms with Gasteiger partial charge in [0.25, 0.3) is 0 Å². The standard InChI is InChI=1S/C44H46N2O8/c1-2-3-4-5-11-28-52-36-26-20-33(21-27-36)44(51)54-38-24-16-31(17-25-38)29-39(43(49)50)46-42(48)32-18-22-35(23-19-32)45-41(47)30-34-12-9-10-15-40(34)53-37-13-7-6-8-14-37/h6-10,12-18,20-22,24-27,39H,2-5,11,19,23,28-30H2,1H3,(H,45,47)(H,46,48)(H,49,50)/t39-/m0/s1. The average molecular weight is 731 g/mol. The molecule has 3 N–H and O–H groups in total. The van der Waals surface area contributed by atoms with Gasteiger partial charge in [-0.25, -0.2) is 9.59 Å². The van der Waals surface area contributed by atoms with Crippen molar-refractivity contribution in [2.75, 3.05) is 6.61 Å². The second-order valence-corrected chi connectivity index (χ2v) is 13.0. The largest absolute Gasteiger partial charge is 0.494 e. The summed E-state index contributed by atoms with van der Waals surface area (Å²) in [6.07, 6.45) is 9.87. The van der Waals surface area contributed by atoms with Crippen LogP contribution in [0.2, 0.25) is 0 Å². The zero-order valence-electron chi connectivity index (χ0n) is 30.4. The molecule has 1 atom stereocenters. The van der Waals surface area contributed by atoms with E-state index >= 15 is 0 Å². The molecule has 4 aromatic carbocycles. The zero-order valence-corrected chi connectivity index (χ0v) is 30.4. The summed E-state index contributed by atoms with van der Waals surface area (Å²) in [7, 11) is 0. The second-order valence-electron chi connectivity index (χ2n) is 13.0.